The lowest BCUT2D eigenvalue weighted by Crippen LogP contribution is -2.35. The van der Waals surface area contributed by atoms with Crippen molar-refractivity contribution in [2.24, 2.45) is 4.36 Å². The summed E-state index contributed by atoms with van der Waals surface area (Å²) in [5.41, 5.74) is 3.78. The summed E-state index contributed by atoms with van der Waals surface area (Å²) in [6, 6.07) is 4.87. The molecule has 2 aliphatic rings. The highest BCUT2D eigenvalue weighted by atomic mass is 32.2. The van der Waals surface area contributed by atoms with E-state index in [1.807, 2.05) is 0 Å². The van der Waals surface area contributed by atoms with Crippen LogP contribution >= 0.6 is 0 Å². The minimum absolute atomic E-state index is 0.0729. The molecule has 0 saturated heterocycles. The summed E-state index contributed by atoms with van der Waals surface area (Å²) in [6.45, 7) is 2.77. The second kappa shape index (κ2) is 8.19. The van der Waals surface area contributed by atoms with Gasteiger partial charge in [-0.1, -0.05) is 10.4 Å². The van der Waals surface area contributed by atoms with Gasteiger partial charge in [0.25, 0.3) is 0 Å². The number of aliphatic hydroxyl groups is 1. The van der Waals surface area contributed by atoms with Gasteiger partial charge in [-0.3, -0.25) is 0 Å². The van der Waals surface area contributed by atoms with E-state index in [2.05, 4.69) is 20.5 Å². The molecule has 0 spiro atoms. The summed E-state index contributed by atoms with van der Waals surface area (Å²) in [6.07, 6.45) is 7.18. The quantitative estimate of drug-likeness (QED) is 0.602. The van der Waals surface area contributed by atoms with Crippen molar-refractivity contribution in [2.75, 3.05) is 5.32 Å². The van der Waals surface area contributed by atoms with Gasteiger partial charge >= 0.3 is 6.03 Å². The van der Waals surface area contributed by atoms with Crippen LogP contribution in [-0.4, -0.2) is 15.3 Å². The highest BCUT2D eigenvalue weighted by Gasteiger charge is 2.27. The van der Waals surface area contributed by atoms with Gasteiger partial charge in [0.2, 0.25) is 6.19 Å². The Hall–Kier alpha value is -2.96. The van der Waals surface area contributed by atoms with Gasteiger partial charge < -0.3 is 10.4 Å². The molecule has 7 nitrogen and oxygen atoms in total. The molecule has 2 aromatic rings. The molecule has 32 heavy (non-hydrogen) atoms. The van der Waals surface area contributed by atoms with Crippen molar-refractivity contribution in [1.29, 1.82) is 5.26 Å². The number of nitriles is 1. The average Bonchev–Trinajstić information content (AvgIpc) is 3.36. The van der Waals surface area contributed by atoms with E-state index in [-0.39, 0.29) is 10.5 Å². The van der Waals surface area contributed by atoms with Gasteiger partial charge in [-0.2, -0.15) is 5.26 Å². The maximum absolute atomic E-state index is 14.2. The lowest BCUT2D eigenvalue weighted by Gasteiger charge is -2.21. The maximum atomic E-state index is 14.2. The largest absolute Gasteiger partial charge is 0.386 e. The standard InChI is InChI=1S/C23H25FN4O3S/c1-23(2,30)19-12-16(9-10-20(19)24)32(31,26-13-25)28-22(29)27-21-17-7-3-5-14(17)11-15-6-4-8-18(15)21/h9-12,30H,3-8H2,1-2H3,(H2,26,27,28,29,31). The van der Waals surface area contributed by atoms with Crippen molar-refractivity contribution in [3.8, 4) is 6.19 Å². The number of hydrogen-bond donors (Lipinski definition) is 3. The monoisotopic (exact) mass is 456 g/mol. The van der Waals surface area contributed by atoms with E-state index in [0.29, 0.717) is 0 Å². The highest BCUT2D eigenvalue weighted by Crippen LogP contribution is 2.38. The number of aryl methyl sites for hydroxylation is 2. The van der Waals surface area contributed by atoms with Crippen LogP contribution in [0.15, 0.2) is 33.5 Å². The molecule has 0 radical (unpaired) electrons. The molecule has 2 amide bonds. The third-order valence-electron chi connectivity index (χ3n) is 6.03. The van der Waals surface area contributed by atoms with Crippen LogP contribution in [-0.2, 0) is 41.2 Å². The first-order chi connectivity index (χ1) is 15.1. The van der Waals surface area contributed by atoms with Crippen molar-refractivity contribution < 1.29 is 18.5 Å². The second-order valence-corrected chi connectivity index (χ2v) is 10.6. The van der Waals surface area contributed by atoms with Crippen LogP contribution in [0.2, 0.25) is 0 Å². The number of amides is 2. The lowest BCUT2D eigenvalue weighted by atomic mass is 9.98. The Morgan fingerprint density at radius 1 is 1.16 bits per heavy atom. The van der Waals surface area contributed by atoms with Crippen molar-refractivity contribution in [3.05, 3.63) is 57.9 Å². The Morgan fingerprint density at radius 2 is 1.78 bits per heavy atom. The molecule has 1 atom stereocenters. The third kappa shape index (κ3) is 4.08. The molecule has 9 heteroatoms. The second-order valence-electron chi connectivity index (χ2n) is 8.71. The van der Waals surface area contributed by atoms with Crippen LogP contribution in [0.4, 0.5) is 14.9 Å². The molecular formula is C23H25FN4O3S. The number of nitrogens with zero attached hydrogens (tertiary/aromatic N) is 2. The van der Waals surface area contributed by atoms with Crippen molar-refractivity contribution in [2.45, 2.75) is 62.9 Å². The topological polar surface area (TPSA) is 115 Å². The highest BCUT2D eigenvalue weighted by molar-refractivity contribution is 7.92. The summed E-state index contributed by atoms with van der Waals surface area (Å²) in [5.74, 6) is -0.695. The molecule has 0 heterocycles. The maximum Gasteiger partial charge on any atom is 0.331 e. The number of anilines is 1. The van der Waals surface area contributed by atoms with E-state index in [1.54, 1.807) is 0 Å². The number of urea groups is 1. The fourth-order valence-corrected chi connectivity index (χ4v) is 5.79. The summed E-state index contributed by atoms with van der Waals surface area (Å²) in [5, 5.41) is 22.2. The first-order valence-electron chi connectivity index (χ1n) is 10.6. The summed E-state index contributed by atoms with van der Waals surface area (Å²) in [7, 11) is -3.74. The number of carbonyl (C=O) groups is 1. The number of fused-ring (bicyclic) bond motifs is 2. The van der Waals surface area contributed by atoms with Gasteiger partial charge in [0, 0.05) is 11.3 Å². The predicted molar refractivity (Wildman–Crippen MR) is 119 cm³/mol. The number of carbonyl (C=O) groups excluding carboxylic acids is 1. The molecule has 4 rings (SSSR count). The van der Waals surface area contributed by atoms with Crippen LogP contribution in [0.1, 0.15) is 54.5 Å². The van der Waals surface area contributed by atoms with E-state index in [1.165, 1.54) is 37.2 Å². The number of nitrogens with one attached hydrogen (secondary N) is 2. The van der Waals surface area contributed by atoms with Gasteiger partial charge in [0.05, 0.1) is 10.5 Å². The average molecular weight is 457 g/mol. The van der Waals surface area contributed by atoms with Crippen molar-refractivity contribution >= 4 is 21.6 Å². The fourth-order valence-electron chi connectivity index (χ4n) is 4.57. The molecule has 3 N–H and O–H groups in total. The minimum Gasteiger partial charge on any atom is -0.386 e. The third-order valence-corrected chi connectivity index (χ3v) is 7.72. The van der Waals surface area contributed by atoms with E-state index in [0.717, 1.165) is 67.5 Å². The summed E-state index contributed by atoms with van der Waals surface area (Å²) < 4.78 is 33.5. The van der Waals surface area contributed by atoms with Gasteiger partial charge in [0.1, 0.15) is 5.82 Å². The molecule has 0 aromatic heterocycles. The van der Waals surface area contributed by atoms with Crippen molar-refractivity contribution in [1.82, 2.24) is 4.72 Å². The van der Waals surface area contributed by atoms with E-state index >= 15 is 0 Å². The molecule has 2 aromatic carbocycles. The number of hydrogen-bond acceptors (Lipinski definition) is 5. The van der Waals surface area contributed by atoms with E-state index in [9.17, 15) is 18.5 Å². The Kier molecular flexibility index (Phi) is 5.69. The molecule has 168 valence electrons. The number of halogens is 1. The van der Waals surface area contributed by atoms with Gasteiger partial charge in [-0.15, -0.1) is 0 Å². The van der Waals surface area contributed by atoms with Gasteiger partial charge in [-0.25, -0.2) is 18.1 Å². The molecule has 2 aliphatic carbocycles. The SMILES string of the molecule is CC(C)(O)c1cc(S(=O)(=NC#N)NC(=O)Nc2c3c(cc4c2CCC4)CCC3)ccc1F. The van der Waals surface area contributed by atoms with Crippen LogP contribution in [0.25, 0.3) is 0 Å². The van der Waals surface area contributed by atoms with Crippen LogP contribution in [0.5, 0.6) is 0 Å². The molecular weight excluding hydrogens is 431 g/mol. The first-order valence-corrected chi connectivity index (χ1v) is 12.1. The zero-order chi connectivity index (χ0) is 23.1. The van der Waals surface area contributed by atoms with E-state index < -0.39 is 27.4 Å². The van der Waals surface area contributed by atoms with Crippen LogP contribution in [0, 0.1) is 17.3 Å². The van der Waals surface area contributed by atoms with Gasteiger partial charge in [-0.05, 0) is 92.8 Å². The van der Waals surface area contributed by atoms with Gasteiger partial charge in [0.15, 0.2) is 9.92 Å². The Balaban J connectivity index is 1.68. The van der Waals surface area contributed by atoms with Crippen LogP contribution in [0.3, 0.4) is 0 Å². The Bertz CT molecular complexity index is 1240. The predicted octanol–water partition coefficient (Wildman–Crippen LogP) is 4.08. The zero-order valence-corrected chi connectivity index (χ0v) is 18.8. The first kappa shape index (κ1) is 22.2. The zero-order valence-electron chi connectivity index (χ0n) is 18.0. The smallest absolute Gasteiger partial charge is 0.331 e. The van der Waals surface area contributed by atoms with E-state index in [4.69, 9.17) is 5.26 Å². The van der Waals surface area contributed by atoms with Crippen molar-refractivity contribution in [3.63, 3.8) is 0 Å². The molecule has 0 bridgehead atoms. The van der Waals surface area contributed by atoms with Crippen LogP contribution < -0.4 is 10.0 Å². The summed E-state index contributed by atoms with van der Waals surface area (Å²) >= 11 is 0. The molecule has 0 aliphatic heterocycles. The fraction of sp³-hybridized carbons (Fsp3) is 0.391. The number of benzene rings is 2. The normalized spacial score (nSPS) is 16.5. The molecule has 1 unspecified atom stereocenters. The minimum atomic E-state index is -3.74. The molecule has 0 saturated carbocycles. The lowest BCUT2D eigenvalue weighted by molar-refractivity contribution is 0.0743. The molecule has 0 fully saturated rings. The Morgan fingerprint density at radius 3 is 2.34 bits per heavy atom. The Labute approximate surface area is 187 Å². The number of rotatable bonds is 4. The summed E-state index contributed by atoms with van der Waals surface area (Å²) in [4.78, 5) is 12.9.